The number of nitrogens with zero attached hydrogens (tertiary/aromatic N) is 2. The third-order valence-electron chi connectivity index (χ3n) is 4.34. The summed E-state index contributed by atoms with van der Waals surface area (Å²) in [6, 6.07) is 1.58. The van der Waals surface area contributed by atoms with Gasteiger partial charge in [-0.05, 0) is 54.4 Å². The van der Waals surface area contributed by atoms with Crippen molar-refractivity contribution in [1.29, 1.82) is 0 Å². The van der Waals surface area contributed by atoms with Gasteiger partial charge in [0.05, 0.1) is 5.60 Å². The Kier molecular flexibility index (Phi) is 4.29. The Balaban J connectivity index is 1.70. The van der Waals surface area contributed by atoms with E-state index in [1.807, 2.05) is 0 Å². The van der Waals surface area contributed by atoms with Crippen molar-refractivity contribution in [3.05, 3.63) is 0 Å². The van der Waals surface area contributed by atoms with Crippen LogP contribution in [0.4, 0.5) is 0 Å². The summed E-state index contributed by atoms with van der Waals surface area (Å²) in [5.74, 6) is 0. The topological polar surface area (TPSA) is 15.7 Å². The fourth-order valence-corrected chi connectivity index (χ4v) is 3.49. The van der Waals surface area contributed by atoms with Crippen LogP contribution >= 0.6 is 0 Å². The van der Waals surface area contributed by atoms with Crippen molar-refractivity contribution in [2.45, 2.75) is 77.6 Å². The molecular weight excluding hydrogens is 236 g/mol. The lowest BCUT2D eigenvalue weighted by molar-refractivity contribution is -0.0104. The standard InChI is InChI=1S/C16H32N2O/c1-15(2,3)18-12-13-10-14(18)11-17(13)8-7-9-19-16(4,5)6/h13-14H,7-12H2,1-6H3. The van der Waals surface area contributed by atoms with E-state index in [4.69, 9.17) is 4.74 Å². The zero-order chi connectivity index (χ0) is 14.3. The Hall–Kier alpha value is -0.120. The maximum atomic E-state index is 5.81. The molecule has 0 spiro atoms. The van der Waals surface area contributed by atoms with E-state index in [0.717, 1.165) is 25.1 Å². The SMILES string of the molecule is CC(C)(C)OCCCN1CC2CC1CN2C(C)(C)C. The van der Waals surface area contributed by atoms with Gasteiger partial charge in [-0.2, -0.15) is 0 Å². The molecule has 2 bridgehead atoms. The van der Waals surface area contributed by atoms with E-state index in [2.05, 4.69) is 51.3 Å². The van der Waals surface area contributed by atoms with Crippen molar-refractivity contribution in [3.8, 4) is 0 Å². The molecule has 0 aromatic rings. The van der Waals surface area contributed by atoms with Gasteiger partial charge in [-0.25, -0.2) is 0 Å². The smallest absolute Gasteiger partial charge is 0.0598 e. The normalized spacial score (nSPS) is 29.4. The predicted octanol–water partition coefficient (Wildman–Crippen LogP) is 2.75. The number of rotatable bonds is 4. The summed E-state index contributed by atoms with van der Waals surface area (Å²) in [7, 11) is 0. The Morgan fingerprint density at radius 3 is 2.16 bits per heavy atom. The Labute approximate surface area is 119 Å². The molecule has 2 heterocycles. The highest BCUT2D eigenvalue weighted by molar-refractivity contribution is 5.03. The zero-order valence-electron chi connectivity index (χ0n) is 13.7. The first-order valence-corrected chi connectivity index (χ1v) is 7.81. The number of hydrogen-bond acceptors (Lipinski definition) is 3. The molecule has 0 N–H and O–H groups in total. The van der Waals surface area contributed by atoms with E-state index in [-0.39, 0.29) is 5.60 Å². The van der Waals surface area contributed by atoms with Gasteiger partial charge in [-0.3, -0.25) is 9.80 Å². The number of fused-ring (bicyclic) bond motifs is 2. The largest absolute Gasteiger partial charge is 0.376 e. The first-order chi connectivity index (χ1) is 8.67. The molecule has 2 saturated heterocycles. The third kappa shape index (κ3) is 3.93. The van der Waals surface area contributed by atoms with Crippen LogP contribution in [-0.2, 0) is 4.74 Å². The highest BCUT2D eigenvalue weighted by Crippen LogP contribution is 2.35. The maximum absolute atomic E-state index is 5.81. The lowest BCUT2D eigenvalue weighted by Gasteiger charge is -2.42. The molecule has 3 heteroatoms. The quantitative estimate of drug-likeness (QED) is 0.729. The van der Waals surface area contributed by atoms with Gasteiger partial charge in [0, 0.05) is 43.9 Å². The first-order valence-electron chi connectivity index (χ1n) is 7.81. The van der Waals surface area contributed by atoms with Gasteiger partial charge in [0.2, 0.25) is 0 Å². The van der Waals surface area contributed by atoms with E-state index in [0.29, 0.717) is 5.54 Å². The summed E-state index contributed by atoms with van der Waals surface area (Å²) >= 11 is 0. The molecule has 2 aliphatic heterocycles. The van der Waals surface area contributed by atoms with Crippen LogP contribution in [0, 0.1) is 0 Å². The van der Waals surface area contributed by atoms with Gasteiger partial charge < -0.3 is 4.74 Å². The molecule has 2 atom stereocenters. The van der Waals surface area contributed by atoms with Gasteiger partial charge >= 0.3 is 0 Å². The second-order valence-corrected chi connectivity index (χ2v) is 8.18. The van der Waals surface area contributed by atoms with Crippen molar-refractivity contribution in [3.63, 3.8) is 0 Å². The minimum absolute atomic E-state index is 0.00699. The Bertz CT molecular complexity index is 303. The molecule has 2 fully saturated rings. The van der Waals surface area contributed by atoms with Crippen LogP contribution < -0.4 is 0 Å². The maximum Gasteiger partial charge on any atom is 0.0598 e. The number of likely N-dealkylation sites (tertiary alicyclic amines) is 2. The molecule has 19 heavy (non-hydrogen) atoms. The van der Waals surface area contributed by atoms with Crippen molar-refractivity contribution in [1.82, 2.24) is 9.80 Å². The lowest BCUT2D eigenvalue weighted by atomic mass is 10.0. The van der Waals surface area contributed by atoms with Crippen LogP contribution in [0.25, 0.3) is 0 Å². The summed E-state index contributed by atoms with van der Waals surface area (Å²) in [6.45, 7) is 18.0. The Morgan fingerprint density at radius 2 is 1.68 bits per heavy atom. The van der Waals surface area contributed by atoms with Crippen LogP contribution in [0.2, 0.25) is 0 Å². The fourth-order valence-electron chi connectivity index (χ4n) is 3.49. The number of ether oxygens (including phenoxy) is 1. The van der Waals surface area contributed by atoms with Crippen LogP contribution in [0.5, 0.6) is 0 Å². The monoisotopic (exact) mass is 268 g/mol. The van der Waals surface area contributed by atoms with Gasteiger partial charge in [0.25, 0.3) is 0 Å². The van der Waals surface area contributed by atoms with Crippen LogP contribution in [0.1, 0.15) is 54.4 Å². The molecule has 3 nitrogen and oxygen atoms in total. The fraction of sp³-hybridized carbons (Fsp3) is 1.00. The molecule has 0 amide bonds. The van der Waals surface area contributed by atoms with Crippen LogP contribution in [-0.4, -0.2) is 59.3 Å². The highest BCUT2D eigenvalue weighted by Gasteiger charge is 2.46. The number of piperazine rings is 1. The minimum atomic E-state index is 0.00699. The molecule has 2 unspecified atom stereocenters. The molecule has 0 aromatic carbocycles. The molecule has 2 aliphatic rings. The van der Waals surface area contributed by atoms with Gasteiger partial charge in [0.15, 0.2) is 0 Å². The molecule has 0 aliphatic carbocycles. The minimum Gasteiger partial charge on any atom is -0.376 e. The molecule has 0 radical (unpaired) electrons. The lowest BCUT2D eigenvalue weighted by Crippen LogP contribution is -2.53. The highest BCUT2D eigenvalue weighted by atomic mass is 16.5. The average molecular weight is 268 g/mol. The van der Waals surface area contributed by atoms with E-state index in [9.17, 15) is 0 Å². The van der Waals surface area contributed by atoms with Crippen molar-refractivity contribution < 1.29 is 4.74 Å². The molecular formula is C16H32N2O. The Morgan fingerprint density at radius 1 is 1.00 bits per heavy atom. The van der Waals surface area contributed by atoms with Gasteiger partial charge in [0.1, 0.15) is 0 Å². The third-order valence-corrected chi connectivity index (χ3v) is 4.34. The van der Waals surface area contributed by atoms with Gasteiger partial charge in [-0.1, -0.05) is 0 Å². The van der Waals surface area contributed by atoms with Crippen LogP contribution in [0.15, 0.2) is 0 Å². The van der Waals surface area contributed by atoms with E-state index in [1.165, 1.54) is 26.1 Å². The molecule has 2 rings (SSSR count). The number of hydrogen-bond donors (Lipinski definition) is 0. The molecule has 0 aromatic heterocycles. The van der Waals surface area contributed by atoms with Crippen molar-refractivity contribution in [2.24, 2.45) is 0 Å². The second-order valence-electron chi connectivity index (χ2n) is 8.18. The summed E-state index contributed by atoms with van der Waals surface area (Å²) < 4.78 is 5.81. The zero-order valence-corrected chi connectivity index (χ0v) is 13.7. The average Bonchev–Trinajstić information content (AvgIpc) is 2.80. The summed E-state index contributed by atoms with van der Waals surface area (Å²) in [4.78, 5) is 5.37. The van der Waals surface area contributed by atoms with E-state index < -0.39 is 0 Å². The summed E-state index contributed by atoms with van der Waals surface area (Å²) in [5, 5.41) is 0. The van der Waals surface area contributed by atoms with Crippen molar-refractivity contribution in [2.75, 3.05) is 26.2 Å². The molecule has 0 saturated carbocycles. The molecule has 112 valence electrons. The summed E-state index contributed by atoms with van der Waals surface area (Å²) in [6.07, 6.45) is 2.54. The van der Waals surface area contributed by atoms with Gasteiger partial charge in [-0.15, -0.1) is 0 Å². The van der Waals surface area contributed by atoms with Crippen molar-refractivity contribution >= 4 is 0 Å². The first kappa shape index (κ1) is 15.3. The van der Waals surface area contributed by atoms with E-state index >= 15 is 0 Å². The summed E-state index contributed by atoms with van der Waals surface area (Å²) in [5.41, 5.74) is 0.341. The van der Waals surface area contributed by atoms with E-state index in [1.54, 1.807) is 0 Å². The van der Waals surface area contributed by atoms with Crippen LogP contribution in [0.3, 0.4) is 0 Å². The predicted molar refractivity (Wildman–Crippen MR) is 80.5 cm³/mol. The second kappa shape index (κ2) is 5.34.